The lowest BCUT2D eigenvalue weighted by Crippen LogP contribution is -2.14. The van der Waals surface area contributed by atoms with Crippen molar-refractivity contribution in [3.8, 4) is 22.2 Å². The van der Waals surface area contributed by atoms with Gasteiger partial charge in [-0.1, -0.05) is 71.6 Å². The molecule has 10 heteroatoms. The highest BCUT2D eigenvalue weighted by Gasteiger charge is 2.17. The summed E-state index contributed by atoms with van der Waals surface area (Å²) in [6.07, 6.45) is 0. The van der Waals surface area contributed by atoms with Gasteiger partial charge in [0, 0.05) is 18.0 Å². The number of para-hydroxylation sites is 1. The van der Waals surface area contributed by atoms with Crippen LogP contribution in [-0.4, -0.2) is 36.6 Å². The third-order valence-corrected chi connectivity index (χ3v) is 6.41. The molecule has 0 spiro atoms. The predicted molar refractivity (Wildman–Crippen MR) is 121 cm³/mol. The summed E-state index contributed by atoms with van der Waals surface area (Å²) in [5, 5.41) is 22.2. The van der Waals surface area contributed by atoms with Gasteiger partial charge in [0.1, 0.15) is 10.6 Å². The van der Waals surface area contributed by atoms with Gasteiger partial charge >= 0.3 is 0 Å². The van der Waals surface area contributed by atoms with Gasteiger partial charge in [-0.3, -0.25) is 10.1 Å². The summed E-state index contributed by atoms with van der Waals surface area (Å²) < 4.78 is 7.68. The molecule has 154 valence electrons. The molecule has 3 aromatic heterocycles. The Bertz CT molecular complexity index is 1330. The van der Waals surface area contributed by atoms with Gasteiger partial charge in [0.2, 0.25) is 11.0 Å². The van der Waals surface area contributed by atoms with E-state index in [9.17, 15) is 4.79 Å². The predicted octanol–water partition coefficient (Wildman–Crippen LogP) is 4.48. The van der Waals surface area contributed by atoms with Crippen LogP contribution in [0.1, 0.15) is 0 Å². The van der Waals surface area contributed by atoms with Gasteiger partial charge in [-0.05, 0) is 12.1 Å². The summed E-state index contributed by atoms with van der Waals surface area (Å²) in [5.74, 6) is 1.23. The van der Waals surface area contributed by atoms with Gasteiger partial charge in [-0.15, -0.1) is 20.4 Å². The molecule has 0 bridgehead atoms. The number of rotatable bonds is 6. The van der Waals surface area contributed by atoms with Crippen LogP contribution in [0.4, 0.5) is 5.13 Å². The van der Waals surface area contributed by atoms with Crippen molar-refractivity contribution >= 4 is 45.1 Å². The Morgan fingerprint density at radius 2 is 1.87 bits per heavy atom. The Balaban J connectivity index is 1.23. The van der Waals surface area contributed by atoms with Gasteiger partial charge < -0.3 is 8.98 Å². The minimum Gasteiger partial charge on any atom is -0.453 e. The summed E-state index contributed by atoms with van der Waals surface area (Å²) in [7, 11) is 1.85. The number of amides is 1. The topological polar surface area (TPSA) is 98.7 Å². The van der Waals surface area contributed by atoms with Crippen molar-refractivity contribution < 1.29 is 9.21 Å². The maximum Gasteiger partial charge on any atom is 0.236 e. The summed E-state index contributed by atoms with van der Waals surface area (Å²) >= 11 is 2.63. The number of furan rings is 1. The molecule has 31 heavy (non-hydrogen) atoms. The highest BCUT2D eigenvalue weighted by Crippen LogP contribution is 2.29. The molecule has 2 aromatic carbocycles. The molecule has 0 atom stereocenters. The molecular weight excluding hydrogens is 432 g/mol. The quantitative estimate of drug-likeness (QED) is 0.382. The molecule has 0 fully saturated rings. The Labute approximate surface area is 185 Å². The smallest absolute Gasteiger partial charge is 0.236 e. The number of carbonyl (C=O) groups is 1. The van der Waals surface area contributed by atoms with Crippen LogP contribution in [0.2, 0.25) is 0 Å². The Morgan fingerprint density at radius 1 is 1.06 bits per heavy atom. The number of fused-ring (bicyclic) bond motifs is 1. The molecule has 0 saturated carbocycles. The van der Waals surface area contributed by atoms with E-state index in [0.29, 0.717) is 21.9 Å². The number of benzene rings is 2. The van der Waals surface area contributed by atoms with Crippen LogP contribution >= 0.6 is 23.1 Å². The molecule has 3 heterocycles. The van der Waals surface area contributed by atoms with E-state index in [2.05, 4.69) is 25.7 Å². The number of hydrogen-bond acceptors (Lipinski definition) is 8. The molecule has 0 aliphatic carbocycles. The van der Waals surface area contributed by atoms with Crippen LogP contribution in [0.5, 0.6) is 0 Å². The van der Waals surface area contributed by atoms with E-state index in [1.165, 1.54) is 23.1 Å². The Hall–Kier alpha value is -3.50. The first-order valence-electron chi connectivity index (χ1n) is 9.37. The van der Waals surface area contributed by atoms with Crippen LogP contribution in [0, 0.1) is 0 Å². The highest BCUT2D eigenvalue weighted by molar-refractivity contribution is 7.99. The average molecular weight is 449 g/mol. The van der Waals surface area contributed by atoms with Crippen molar-refractivity contribution in [2.45, 2.75) is 5.16 Å². The van der Waals surface area contributed by atoms with Crippen molar-refractivity contribution in [1.82, 2.24) is 25.0 Å². The van der Waals surface area contributed by atoms with Crippen molar-refractivity contribution in [1.29, 1.82) is 0 Å². The van der Waals surface area contributed by atoms with Crippen LogP contribution in [0.25, 0.3) is 33.1 Å². The van der Waals surface area contributed by atoms with Crippen LogP contribution in [-0.2, 0) is 11.8 Å². The molecule has 5 aromatic rings. The van der Waals surface area contributed by atoms with Crippen molar-refractivity contribution in [3.63, 3.8) is 0 Å². The lowest BCUT2D eigenvalue weighted by Gasteiger charge is -2.02. The summed E-state index contributed by atoms with van der Waals surface area (Å²) in [5.41, 5.74) is 1.76. The number of nitrogens with one attached hydrogen (secondary N) is 1. The van der Waals surface area contributed by atoms with Crippen LogP contribution < -0.4 is 5.32 Å². The second kappa shape index (κ2) is 8.32. The van der Waals surface area contributed by atoms with Gasteiger partial charge in [-0.25, -0.2) is 0 Å². The molecule has 1 N–H and O–H groups in total. The van der Waals surface area contributed by atoms with Crippen molar-refractivity contribution in [3.05, 3.63) is 60.7 Å². The minimum absolute atomic E-state index is 0.173. The monoisotopic (exact) mass is 448 g/mol. The first-order valence-corrected chi connectivity index (χ1v) is 11.2. The fourth-order valence-corrected chi connectivity index (χ4v) is 4.48. The zero-order valence-corrected chi connectivity index (χ0v) is 18.0. The van der Waals surface area contributed by atoms with Gasteiger partial charge in [0.15, 0.2) is 16.7 Å². The van der Waals surface area contributed by atoms with Crippen molar-refractivity contribution in [2.24, 2.45) is 7.05 Å². The standard InChI is InChI=1S/C21H16N6O2S2/c1-27-18(16-11-14-9-5-6-10-15(14)29-16)23-26-21(27)30-12-17(28)22-20-25-24-19(31-20)13-7-3-2-4-8-13/h2-11H,12H2,1H3,(H,22,25,28). The fourth-order valence-electron chi connectivity index (χ4n) is 3.00. The summed E-state index contributed by atoms with van der Waals surface area (Å²) in [4.78, 5) is 12.4. The number of carbonyl (C=O) groups excluding carboxylic acids is 1. The third-order valence-electron chi connectivity index (χ3n) is 4.51. The maximum atomic E-state index is 12.4. The van der Waals surface area contributed by atoms with E-state index >= 15 is 0 Å². The van der Waals surface area contributed by atoms with Gasteiger partial charge in [0.05, 0.1) is 5.75 Å². The van der Waals surface area contributed by atoms with E-state index in [4.69, 9.17) is 4.42 Å². The molecule has 8 nitrogen and oxygen atoms in total. The first-order chi connectivity index (χ1) is 15.2. The molecule has 0 saturated heterocycles. The second-order valence-electron chi connectivity index (χ2n) is 6.63. The fraction of sp³-hybridized carbons (Fsp3) is 0.0952. The summed E-state index contributed by atoms with van der Waals surface area (Å²) in [6, 6.07) is 19.4. The van der Waals surface area contributed by atoms with Gasteiger partial charge in [-0.2, -0.15) is 0 Å². The number of anilines is 1. The van der Waals surface area contributed by atoms with E-state index in [0.717, 1.165) is 21.5 Å². The zero-order chi connectivity index (χ0) is 21.2. The number of hydrogen-bond donors (Lipinski definition) is 1. The first kappa shape index (κ1) is 19.5. The summed E-state index contributed by atoms with van der Waals surface area (Å²) in [6.45, 7) is 0. The van der Waals surface area contributed by atoms with Crippen LogP contribution in [0.15, 0.2) is 70.2 Å². The largest absolute Gasteiger partial charge is 0.453 e. The second-order valence-corrected chi connectivity index (χ2v) is 8.55. The van der Waals surface area contributed by atoms with E-state index in [1.807, 2.05) is 72.3 Å². The molecule has 1 amide bonds. The number of thioether (sulfide) groups is 1. The van der Waals surface area contributed by atoms with Crippen molar-refractivity contribution in [2.75, 3.05) is 11.1 Å². The van der Waals surface area contributed by atoms with E-state index in [1.54, 1.807) is 0 Å². The lowest BCUT2D eigenvalue weighted by atomic mass is 10.2. The van der Waals surface area contributed by atoms with Gasteiger partial charge in [0.25, 0.3) is 0 Å². The number of nitrogens with zero attached hydrogens (tertiary/aromatic N) is 5. The lowest BCUT2D eigenvalue weighted by molar-refractivity contribution is -0.113. The minimum atomic E-state index is -0.186. The Morgan fingerprint density at radius 3 is 2.71 bits per heavy atom. The molecular formula is C21H16N6O2S2. The third kappa shape index (κ3) is 4.07. The SMILES string of the molecule is Cn1c(SCC(=O)Nc2nnc(-c3ccccc3)s2)nnc1-c1cc2ccccc2o1. The zero-order valence-electron chi connectivity index (χ0n) is 16.3. The maximum absolute atomic E-state index is 12.4. The molecule has 0 aliphatic heterocycles. The van der Waals surface area contributed by atoms with E-state index < -0.39 is 0 Å². The average Bonchev–Trinajstić information content (AvgIpc) is 3.51. The molecule has 5 rings (SSSR count). The molecule has 0 aliphatic rings. The van der Waals surface area contributed by atoms with E-state index in [-0.39, 0.29) is 11.7 Å². The number of aromatic nitrogens is 5. The molecule has 0 radical (unpaired) electrons. The Kier molecular flexibility index (Phi) is 5.23. The van der Waals surface area contributed by atoms with Crippen LogP contribution in [0.3, 0.4) is 0 Å². The normalized spacial score (nSPS) is 11.1. The molecule has 0 unspecified atom stereocenters. The highest BCUT2D eigenvalue weighted by atomic mass is 32.2.